The van der Waals surface area contributed by atoms with E-state index in [0.717, 1.165) is 56.2 Å². The van der Waals surface area contributed by atoms with Crippen molar-refractivity contribution in [3.63, 3.8) is 0 Å². The van der Waals surface area contributed by atoms with Crippen LogP contribution in [0.4, 0.5) is 0 Å². The number of rotatable bonds is 9. The van der Waals surface area contributed by atoms with Gasteiger partial charge in [0.15, 0.2) is 0 Å². The van der Waals surface area contributed by atoms with E-state index in [2.05, 4.69) is 27.2 Å². The van der Waals surface area contributed by atoms with Gasteiger partial charge in [-0.1, -0.05) is 30.3 Å². The van der Waals surface area contributed by atoms with Crippen molar-refractivity contribution in [3.8, 4) is 11.5 Å². The summed E-state index contributed by atoms with van der Waals surface area (Å²) in [6.45, 7) is 5.79. The molecule has 1 heterocycles. The molecule has 0 bridgehead atoms. The van der Waals surface area contributed by atoms with Crippen molar-refractivity contribution >= 4 is 5.91 Å². The van der Waals surface area contributed by atoms with E-state index in [4.69, 9.17) is 9.47 Å². The molecule has 29 heavy (non-hydrogen) atoms. The SMILES string of the molecule is COc1ccc(CN2CCN(CC(=O)NCCc3ccccc3OC)CC2)cc1. The molecule has 1 amide bonds. The molecule has 0 spiro atoms. The zero-order valence-electron chi connectivity index (χ0n) is 17.4. The molecule has 1 aliphatic rings. The summed E-state index contributed by atoms with van der Waals surface area (Å²) in [6.07, 6.45) is 0.769. The highest BCUT2D eigenvalue weighted by Gasteiger charge is 2.19. The summed E-state index contributed by atoms with van der Waals surface area (Å²) >= 11 is 0. The van der Waals surface area contributed by atoms with Crippen molar-refractivity contribution in [2.45, 2.75) is 13.0 Å². The summed E-state index contributed by atoms with van der Waals surface area (Å²) < 4.78 is 10.6. The zero-order chi connectivity index (χ0) is 20.5. The zero-order valence-corrected chi connectivity index (χ0v) is 17.4. The number of nitrogens with zero attached hydrogens (tertiary/aromatic N) is 2. The van der Waals surface area contributed by atoms with Gasteiger partial charge in [0.05, 0.1) is 20.8 Å². The van der Waals surface area contributed by atoms with E-state index in [9.17, 15) is 4.79 Å². The van der Waals surface area contributed by atoms with Crippen LogP contribution in [0, 0.1) is 0 Å². The van der Waals surface area contributed by atoms with Gasteiger partial charge in [0, 0.05) is 39.3 Å². The minimum Gasteiger partial charge on any atom is -0.497 e. The Balaban J connectivity index is 1.35. The first-order valence-corrected chi connectivity index (χ1v) is 10.1. The van der Waals surface area contributed by atoms with Crippen molar-refractivity contribution in [2.75, 3.05) is 53.5 Å². The first-order valence-electron chi connectivity index (χ1n) is 10.1. The largest absolute Gasteiger partial charge is 0.497 e. The summed E-state index contributed by atoms with van der Waals surface area (Å²) in [5.41, 5.74) is 2.40. The summed E-state index contributed by atoms with van der Waals surface area (Å²) in [6, 6.07) is 16.2. The second-order valence-electron chi connectivity index (χ2n) is 7.31. The second kappa shape index (κ2) is 10.8. The van der Waals surface area contributed by atoms with Gasteiger partial charge in [0.2, 0.25) is 5.91 Å². The molecule has 6 nitrogen and oxygen atoms in total. The third-order valence-electron chi connectivity index (χ3n) is 5.31. The Kier molecular flexibility index (Phi) is 7.90. The smallest absolute Gasteiger partial charge is 0.234 e. The van der Waals surface area contributed by atoms with Crippen LogP contribution in [-0.4, -0.2) is 69.2 Å². The number of nitrogens with one attached hydrogen (secondary N) is 1. The summed E-state index contributed by atoms with van der Waals surface area (Å²) in [4.78, 5) is 16.9. The standard InChI is InChI=1S/C23H31N3O3/c1-28-21-9-7-19(8-10-21)17-25-13-15-26(16-14-25)18-23(27)24-12-11-20-5-3-4-6-22(20)29-2/h3-10H,11-18H2,1-2H3,(H,24,27). The fourth-order valence-electron chi connectivity index (χ4n) is 3.60. The van der Waals surface area contributed by atoms with E-state index in [0.29, 0.717) is 13.1 Å². The van der Waals surface area contributed by atoms with Gasteiger partial charge < -0.3 is 14.8 Å². The van der Waals surface area contributed by atoms with Crippen LogP contribution in [0.5, 0.6) is 11.5 Å². The lowest BCUT2D eigenvalue weighted by Crippen LogP contribution is -2.49. The van der Waals surface area contributed by atoms with Gasteiger partial charge in [-0.15, -0.1) is 0 Å². The lowest BCUT2D eigenvalue weighted by Gasteiger charge is -2.34. The number of amides is 1. The summed E-state index contributed by atoms with van der Waals surface area (Å²) in [5, 5.41) is 3.03. The van der Waals surface area contributed by atoms with Crippen LogP contribution in [-0.2, 0) is 17.8 Å². The maximum atomic E-state index is 12.3. The average Bonchev–Trinajstić information content (AvgIpc) is 2.76. The average molecular weight is 398 g/mol. The highest BCUT2D eigenvalue weighted by molar-refractivity contribution is 5.78. The number of para-hydroxylation sites is 1. The van der Waals surface area contributed by atoms with Crippen molar-refractivity contribution < 1.29 is 14.3 Å². The van der Waals surface area contributed by atoms with E-state index < -0.39 is 0 Å². The first kappa shape index (κ1) is 21.1. The summed E-state index contributed by atoms with van der Waals surface area (Å²) in [5.74, 6) is 1.84. The van der Waals surface area contributed by atoms with Crippen molar-refractivity contribution in [3.05, 3.63) is 59.7 Å². The van der Waals surface area contributed by atoms with E-state index in [-0.39, 0.29) is 5.91 Å². The van der Waals surface area contributed by atoms with Crippen molar-refractivity contribution in [1.82, 2.24) is 15.1 Å². The van der Waals surface area contributed by atoms with Crippen LogP contribution in [0.25, 0.3) is 0 Å². The molecule has 1 aliphatic heterocycles. The molecule has 3 rings (SSSR count). The summed E-state index contributed by atoms with van der Waals surface area (Å²) in [7, 11) is 3.36. The van der Waals surface area contributed by atoms with Crippen molar-refractivity contribution in [1.29, 1.82) is 0 Å². The van der Waals surface area contributed by atoms with Crippen LogP contribution < -0.4 is 14.8 Å². The molecule has 1 fully saturated rings. The lowest BCUT2D eigenvalue weighted by molar-refractivity contribution is -0.122. The molecular weight excluding hydrogens is 366 g/mol. The number of piperazine rings is 1. The van der Waals surface area contributed by atoms with Crippen LogP contribution in [0.15, 0.2) is 48.5 Å². The van der Waals surface area contributed by atoms with Gasteiger partial charge >= 0.3 is 0 Å². The Morgan fingerprint density at radius 3 is 2.31 bits per heavy atom. The van der Waals surface area contributed by atoms with E-state index in [1.165, 1.54) is 5.56 Å². The first-order chi connectivity index (χ1) is 14.2. The number of hydrogen-bond acceptors (Lipinski definition) is 5. The molecule has 1 saturated heterocycles. The molecule has 6 heteroatoms. The molecule has 156 valence electrons. The van der Waals surface area contributed by atoms with Crippen molar-refractivity contribution in [2.24, 2.45) is 0 Å². The molecule has 0 saturated carbocycles. The normalized spacial score (nSPS) is 15.1. The van der Waals surface area contributed by atoms with Gasteiger partial charge in [0.1, 0.15) is 11.5 Å². The van der Waals surface area contributed by atoms with E-state index in [1.54, 1.807) is 14.2 Å². The number of carbonyl (C=O) groups excluding carboxylic acids is 1. The molecular formula is C23H31N3O3. The van der Waals surface area contributed by atoms with Crippen LogP contribution in [0.1, 0.15) is 11.1 Å². The fourth-order valence-corrected chi connectivity index (χ4v) is 3.60. The number of benzene rings is 2. The monoisotopic (exact) mass is 397 g/mol. The van der Waals surface area contributed by atoms with Crippen LogP contribution in [0.3, 0.4) is 0 Å². The Morgan fingerprint density at radius 2 is 1.62 bits per heavy atom. The Bertz CT molecular complexity index is 771. The second-order valence-corrected chi connectivity index (χ2v) is 7.31. The maximum absolute atomic E-state index is 12.3. The minimum absolute atomic E-state index is 0.0866. The molecule has 2 aromatic rings. The molecule has 1 N–H and O–H groups in total. The van der Waals surface area contributed by atoms with Gasteiger partial charge in [-0.3, -0.25) is 14.6 Å². The number of ether oxygens (including phenoxy) is 2. The van der Waals surface area contributed by atoms with Gasteiger partial charge in [-0.2, -0.15) is 0 Å². The lowest BCUT2D eigenvalue weighted by atomic mass is 10.1. The maximum Gasteiger partial charge on any atom is 0.234 e. The highest BCUT2D eigenvalue weighted by Crippen LogP contribution is 2.17. The molecule has 0 aliphatic carbocycles. The number of methoxy groups -OCH3 is 2. The van der Waals surface area contributed by atoms with Crippen LogP contribution in [0.2, 0.25) is 0 Å². The Hall–Kier alpha value is -2.57. The predicted octanol–water partition coefficient (Wildman–Crippen LogP) is 2.18. The van der Waals surface area contributed by atoms with Crippen LogP contribution >= 0.6 is 0 Å². The quantitative estimate of drug-likeness (QED) is 0.703. The Morgan fingerprint density at radius 1 is 0.931 bits per heavy atom. The van der Waals surface area contributed by atoms with E-state index >= 15 is 0 Å². The molecule has 2 aromatic carbocycles. The molecule has 0 atom stereocenters. The highest BCUT2D eigenvalue weighted by atomic mass is 16.5. The Labute approximate surface area is 173 Å². The topological polar surface area (TPSA) is 54.0 Å². The molecule has 0 unspecified atom stereocenters. The van der Waals surface area contributed by atoms with E-state index in [1.807, 2.05) is 36.4 Å². The van der Waals surface area contributed by atoms with Gasteiger partial charge in [-0.25, -0.2) is 0 Å². The predicted molar refractivity (Wildman–Crippen MR) is 114 cm³/mol. The third-order valence-corrected chi connectivity index (χ3v) is 5.31. The minimum atomic E-state index is 0.0866. The molecule has 0 aromatic heterocycles. The third kappa shape index (κ3) is 6.48. The number of carbonyl (C=O) groups is 1. The molecule has 0 radical (unpaired) electrons. The van der Waals surface area contributed by atoms with Gasteiger partial charge in [0.25, 0.3) is 0 Å². The fraction of sp³-hybridized carbons (Fsp3) is 0.435. The number of hydrogen-bond donors (Lipinski definition) is 1. The van der Waals surface area contributed by atoms with Gasteiger partial charge in [-0.05, 0) is 35.7 Å².